The maximum absolute atomic E-state index is 10.9. The van der Waals surface area contributed by atoms with Crippen LogP contribution in [0, 0.1) is 0 Å². The highest BCUT2D eigenvalue weighted by molar-refractivity contribution is 9.10. The highest BCUT2D eigenvalue weighted by Crippen LogP contribution is 2.31. The van der Waals surface area contributed by atoms with Gasteiger partial charge in [-0.25, -0.2) is 4.79 Å². The Morgan fingerprint density at radius 1 is 0.923 bits per heavy atom. The maximum atomic E-state index is 10.9. The van der Waals surface area contributed by atoms with Gasteiger partial charge in [0.05, 0.1) is 10.0 Å². The van der Waals surface area contributed by atoms with Crippen molar-refractivity contribution in [1.82, 2.24) is 0 Å². The predicted molar refractivity (Wildman–Crippen MR) is 107 cm³/mol. The van der Waals surface area contributed by atoms with Crippen molar-refractivity contribution in [2.45, 2.75) is 6.61 Å². The Hall–Kier alpha value is -2.85. The molecule has 0 saturated carbocycles. The van der Waals surface area contributed by atoms with E-state index in [2.05, 4.69) is 15.9 Å². The molecule has 0 fully saturated rings. The lowest BCUT2D eigenvalue weighted by atomic mass is 10.1. The molecule has 0 saturated heterocycles. The normalized spacial score (nSPS) is 10.8. The summed E-state index contributed by atoms with van der Waals surface area (Å²) in [5.74, 6) is -0.182. The Kier molecular flexibility index (Phi) is 5.87. The monoisotopic (exact) mass is 408 g/mol. The molecule has 0 amide bonds. The van der Waals surface area contributed by atoms with Gasteiger partial charge in [0.2, 0.25) is 0 Å². The Bertz CT molecular complexity index is 916. The number of carbonyl (C=O) groups is 1. The first-order valence-corrected chi connectivity index (χ1v) is 8.89. The summed E-state index contributed by atoms with van der Waals surface area (Å²) in [7, 11) is 0. The molecule has 0 aliphatic rings. The van der Waals surface area contributed by atoms with E-state index in [0.29, 0.717) is 6.61 Å². The Morgan fingerprint density at radius 3 is 2.35 bits per heavy atom. The van der Waals surface area contributed by atoms with Crippen LogP contribution in [-0.2, 0) is 6.61 Å². The molecule has 0 atom stereocenters. The molecule has 1 N–H and O–H groups in total. The number of halogens is 1. The summed E-state index contributed by atoms with van der Waals surface area (Å²) in [6.07, 6.45) is 4.05. The number of ether oxygens (including phenoxy) is 1. The smallest absolute Gasteiger partial charge is 0.335 e. The van der Waals surface area contributed by atoms with E-state index in [0.717, 1.165) is 26.9 Å². The first-order chi connectivity index (χ1) is 12.6. The van der Waals surface area contributed by atoms with Crippen LogP contribution in [0.1, 0.15) is 27.0 Å². The second kappa shape index (κ2) is 8.50. The van der Waals surface area contributed by atoms with Crippen molar-refractivity contribution in [1.29, 1.82) is 0 Å². The average Bonchev–Trinajstić information content (AvgIpc) is 2.67. The fraction of sp³-hybridized carbons (Fsp3) is 0.0455. The van der Waals surface area contributed by atoms with Gasteiger partial charge in [-0.05, 0) is 45.3 Å². The minimum absolute atomic E-state index is 0.265. The van der Waals surface area contributed by atoms with Crippen molar-refractivity contribution in [3.05, 3.63) is 99.5 Å². The lowest BCUT2D eigenvalue weighted by Crippen LogP contribution is -2.00. The van der Waals surface area contributed by atoms with E-state index in [-0.39, 0.29) is 5.56 Å². The van der Waals surface area contributed by atoms with Crippen LogP contribution in [0.5, 0.6) is 5.75 Å². The number of carboxylic acid groups (broad SMARTS) is 1. The summed E-state index contributed by atoms with van der Waals surface area (Å²) < 4.78 is 6.87. The van der Waals surface area contributed by atoms with E-state index in [1.807, 2.05) is 60.7 Å². The number of hydrogen-bond acceptors (Lipinski definition) is 2. The molecule has 3 aromatic rings. The van der Waals surface area contributed by atoms with Crippen LogP contribution in [0.15, 0.2) is 77.3 Å². The first-order valence-electron chi connectivity index (χ1n) is 8.10. The van der Waals surface area contributed by atoms with Crippen LogP contribution in [0.25, 0.3) is 12.2 Å². The number of carboxylic acids is 1. The van der Waals surface area contributed by atoms with Gasteiger partial charge in [-0.2, -0.15) is 0 Å². The zero-order valence-electron chi connectivity index (χ0n) is 13.9. The van der Waals surface area contributed by atoms with Gasteiger partial charge in [0, 0.05) is 5.56 Å². The lowest BCUT2D eigenvalue weighted by molar-refractivity contribution is 0.0697. The van der Waals surface area contributed by atoms with E-state index in [4.69, 9.17) is 9.84 Å². The molecular formula is C22H17BrO3. The molecular weight excluding hydrogens is 392 g/mol. The van der Waals surface area contributed by atoms with Crippen molar-refractivity contribution in [3.63, 3.8) is 0 Å². The Morgan fingerprint density at radius 2 is 1.65 bits per heavy atom. The number of hydrogen-bond donors (Lipinski definition) is 1. The molecule has 0 aromatic heterocycles. The van der Waals surface area contributed by atoms with Gasteiger partial charge >= 0.3 is 5.97 Å². The van der Waals surface area contributed by atoms with E-state index >= 15 is 0 Å². The summed E-state index contributed by atoms with van der Waals surface area (Å²) >= 11 is 3.54. The zero-order valence-corrected chi connectivity index (χ0v) is 15.5. The van der Waals surface area contributed by atoms with E-state index in [9.17, 15) is 4.79 Å². The maximum Gasteiger partial charge on any atom is 0.335 e. The average molecular weight is 409 g/mol. The van der Waals surface area contributed by atoms with E-state index in [1.54, 1.807) is 24.3 Å². The second-order valence-electron chi connectivity index (χ2n) is 5.69. The summed E-state index contributed by atoms with van der Waals surface area (Å²) in [4.78, 5) is 10.9. The van der Waals surface area contributed by atoms with Gasteiger partial charge in [0.15, 0.2) is 0 Å². The SMILES string of the molecule is O=C(O)c1ccc(COc2c(Br)cccc2C=Cc2ccccc2)cc1. The third-order valence-corrected chi connectivity index (χ3v) is 4.46. The molecule has 0 bridgehead atoms. The van der Waals surface area contributed by atoms with Crippen LogP contribution in [0.3, 0.4) is 0 Å². The number of benzene rings is 3. The standard InChI is InChI=1S/C22H17BrO3/c23-20-8-4-7-18(12-9-16-5-2-1-3-6-16)21(20)26-15-17-10-13-19(14-11-17)22(24)25/h1-14H,15H2,(H,24,25). The van der Waals surface area contributed by atoms with Gasteiger partial charge in [0.25, 0.3) is 0 Å². The molecule has 26 heavy (non-hydrogen) atoms. The Labute approximate surface area is 160 Å². The summed E-state index contributed by atoms with van der Waals surface area (Å²) in [6, 6.07) is 22.6. The van der Waals surface area contributed by atoms with Crippen LogP contribution in [-0.4, -0.2) is 11.1 Å². The first kappa shape index (κ1) is 18.0. The molecule has 3 aromatic carbocycles. The van der Waals surface area contributed by atoms with Gasteiger partial charge in [0.1, 0.15) is 12.4 Å². The topological polar surface area (TPSA) is 46.5 Å². The molecule has 130 valence electrons. The minimum Gasteiger partial charge on any atom is -0.487 e. The van der Waals surface area contributed by atoms with Crippen molar-refractivity contribution in [2.24, 2.45) is 0 Å². The second-order valence-corrected chi connectivity index (χ2v) is 6.55. The molecule has 0 aliphatic carbocycles. The highest BCUT2D eigenvalue weighted by atomic mass is 79.9. The van der Waals surface area contributed by atoms with E-state index < -0.39 is 5.97 Å². The molecule has 0 aliphatic heterocycles. The molecule has 0 radical (unpaired) electrons. The fourth-order valence-electron chi connectivity index (χ4n) is 2.46. The van der Waals surface area contributed by atoms with Gasteiger partial charge < -0.3 is 9.84 Å². The number of aromatic carboxylic acids is 1. The highest BCUT2D eigenvalue weighted by Gasteiger charge is 2.07. The fourth-order valence-corrected chi connectivity index (χ4v) is 2.95. The van der Waals surface area contributed by atoms with Crippen molar-refractivity contribution >= 4 is 34.1 Å². The van der Waals surface area contributed by atoms with Gasteiger partial charge in [-0.3, -0.25) is 0 Å². The lowest BCUT2D eigenvalue weighted by Gasteiger charge is -2.11. The van der Waals surface area contributed by atoms with Crippen molar-refractivity contribution in [2.75, 3.05) is 0 Å². The van der Waals surface area contributed by atoms with Crippen LogP contribution < -0.4 is 4.74 Å². The van der Waals surface area contributed by atoms with Crippen molar-refractivity contribution < 1.29 is 14.6 Å². The van der Waals surface area contributed by atoms with E-state index in [1.165, 1.54) is 0 Å². The summed E-state index contributed by atoms with van der Waals surface area (Å²) in [6.45, 7) is 0.356. The van der Waals surface area contributed by atoms with Crippen LogP contribution in [0.2, 0.25) is 0 Å². The van der Waals surface area contributed by atoms with Crippen LogP contribution in [0.4, 0.5) is 0 Å². The quantitative estimate of drug-likeness (QED) is 0.516. The molecule has 0 unspecified atom stereocenters. The molecule has 3 nitrogen and oxygen atoms in total. The molecule has 0 heterocycles. The third kappa shape index (κ3) is 4.61. The number of rotatable bonds is 6. The van der Waals surface area contributed by atoms with Crippen molar-refractivity contribution in [3.8, 4) is 5.75 Å². The summed E-state index contributed by atoms with van der Waals surface area (Å²) in [5, 5.41) is 8.96. The zero-order chi connectivity index (χ0) is 18.4. The predicted octanol–water partition coefficient (Wildman–Crippen LogP) is 5.90. The van der Waals surface area contributed by atoms with Gasteiger partial charge in [-0.15, -0.1) is 0 Å². The largest absolute Gasteiger partial charge is 0.487 e. The van der Waals surface area contributed by atoms with Gasteiger partial charge in [-0.1, -0.05) is 66.7 Å². The summed E-state index contributed by atoms with van der Waals surface area (Å²) in [5.41, 5.74) is 3.25. The molecule has 0 spiro atoms. The molecule has 3 rings (SSSR count). The third-order valence-electron chi connectivity index (χ3n) is 3.84. The Balaban J connectivity index is 1.77. The van der Waals surface area contributed by atoms with Crippen LogP contribution >= 0.6 is 15.9 Å². The molecule has 4 heteroatoms. The minimum atomic E-state index is -0.934. The number of para-hydroxylation sites is 1.